The molecule has 10 aromatic heterocycles. The molecule has 1 aliphatic carbocycles. The second-order valence-corrected chi connectivity index (χ2v) is 31.9. The fourth-order valence-corrected chi connectivity index (χ4v) is 18.2. The van der Waals surface area contributed by atoms with Crippen LogP contribution in [-0.2, 0) is 5.41 Å². The summed E-state index contributed by atoms with van der Waals surface area (Å²) >= 11 is 3.94. The summed E-state index contributed by atoms with van der Waals surface area (Å²) in [4.78, 5) is 59.5. The quantitative estimate of drug-likeness (QED) is 0.0512. The highest BCUT2D eigenvalue weighted by Crippen LogP contribution is 2.57. The summed E-state index contributed by atoms with van der Waals surface area (Å²) in [5.74, 6) is 0. The zero-order chi connectivity index (χ0) is 79.8. The molecule has 576 valence electrons. The molecule has 119 heavy (non-hydrogen) atoms. The second kappa shape index (κ2) is 32.2. The van der Waals surface area contributed by atoms with Crippen molar-refractivity contribution >= 4 is 138 Å². The summed E-state index contributed by atoms with van der Waals surface area (Å²) in [6.07, 6.45) is 40.0. The van der Waals surface area contributed by atoms with Gasteiger partial charge in [0, 0.05) is 119 Å². The first-order chi connectivity index (χ1) is 58.7. The van der Waals surface area contributed by atoms with Crippen molar-refractivity contribution in [3.63, 3.8) is 0 Å². The summed E-state index contributed by atoms with van der Waals surface area (Å²) in [5, 5.41) is 0. The molecule has 15 aromatic rings. The number of pyridine rings is 4. The van der Waals surface area contributed by atoms with Crippen LogP contribution in [0.5, 0.6) is 0 Å². The molecule has 5 aromatic carbocycles. The van der Waals surface area contributed by atoms with Gasteiger partial charge in [0.1, 0.15) is 0 Å². The maximum Gasteiger partial charge on any atom is 0.0886 e. The topological polar surface area (TPSA) is 170 Å². The van der Waals surface area contributed by atoms with Crippen molar-refractivity contribution in [3.05, 3.63) is 340 Å². The molecule has 14 heterocycles. The molecule has 14 heteroatoms. The first-order valence-corrected chi connectivity index (χ1v) is 42.2. The van der Waals surface area contributed by atoms with E-state index in [0.717, 1.165) is 241 Å². The lowest BCUT2D eigenvalue weighted by atomic mass is 9.70. The Morgan fingerprint density at radius 2 is 0.798 bits per heavy atom. The number of nitrogens with one attached hydrogen (secondary N) is 4. The third kappa shape index (κ3) is 14.5. The molecule has 0 unspecified atom stereocenters. The predicted octanol–water partition coefficient (Wildman–Crippen LogP) is 27.8. The molecule has 0 fully saturated rings. The van der Waals surface area contributed by atoms with Crippen LogP contribution in [0.4, 0.5) is 17.1 Å². The SMILES string of the molecule is CCCCCCC1(CCCCCC)c2cc(-c3c4nc(c(-c5ccc(-c6ccccn6)cn5)c5ccc([nH]5)c(Br)c5nc(cc6ccc3[nH]6)C=C5)C=C4)ccc2-c2ccc(-c3c4nc(cc5ccc([nH]5)c(/C=C/c5ccc(N(c6ccccc6)c6ccccc6)cc5)c5nc(c(-c6ccc(-c7ccccn7)nc6)c6ccc3[nH]6)C=C5)C=C4)cc21. The van der Waals surface area contributed by atoms with Gasteiger partial charge in [0.05, 0.1) is 83.8 Å². The van der Waals surface area contributed by atoms with E-state index in [1.165, 1.54) is 35.1 Å². The van der Waals surface area contributed by atoms with E-state index in [1.54, 1.807) is 0 Å². The smallest absolute Gasteiger partial charge is 0.0886 e. The zero-order valence-electron chi connectivity index (χ0n) is 66.2. The average molecular weight is 1610 g/mol. The maximum absolute atomic E-state index is 5.72. The second-order valence-electron chi connectivity index (χ2n) is 31.1. The standard InChI is InChI=1S/C105H84BrN13/c1-3-5-7-17-57-105(58-18-8-6-4-2)82-61-68(30-41-79(82)80-42-31-69(62-83(80)105)101-91-47-36-74(113-91)64-75-37-48-98(114-75)104(106)99-56-55-97(118-99)103(96-54-53-93(101)117-96)89-44-32-70(65-110-89)84-25-15-19-59-107-84)100-90-46-35-73(112-90)63-72-34-45-85(111-72)81(40-29-67-27-38-78(39-28-67)119(76-21-11-9-12-22-76)77-23-13-10-14-24-77)86-49-50-94(115-86)102(95-52-51-92(100)116-95)71-33-43-88(109-66-71)87-26-16-20-60-108-87/h9-16,19-56,59-66,111,113,116,118H,3-8,17-18,57-58H2,1-2H3/b40-29+,72-63?,73-63?,74-64?,75-64?,85-81?,86-81?,100-90?,100-92?,101-91?,101-93?,102-94?,102-95?,103-96?,103-97?,104-98?,104-99?. The Bertz CT molecular complexity index is 6880. The first kappa shape index (κ1) is 73.8. The highest BCUT2D eigenvalue weighted by Gasteiger charge is 2.43. The molecule has 16 bridgehead atoms. The predicted molar refractivity (Wildman–Crippen MR) is 497 cm³/mol. The van der Waals surface area contributed by atoms with Crippen molar-refractivity contribution in [1.29, 1.82) is 0 Å². The minimum atomic E-state index is -0.356. The Morgan fingerprint density at radius 3 is 1.40 bits per heavy atom. The van der Waals surface area contributed by atoms with Gasteiger partial charge in [-0.15, -0.1) is 0 Å². The molecule has 0 amide bonds. The average Bonchev–Trinajstić information content (AvgIpc) is 1.55. The summed E-state index contributed by atoms with van der Waals surface area (Å²) in [6, 6.07) is 86.2. The van der Waals surface area contributed by atoms with E-state index in [0.29, 0.717) is 0 Å². The van der Waals surface area contributed by atoms with E-state index in [9.17, 15) is 0 Å². The molecule has 5 aliphatic rings. The minimum absolute atomic E-state index is 0.356. The van der Waals surface area contributed by atoms with Crippen molar-refractivity contribution in [2.75, 3.05) is 4.90 Å². The zero-order valence-corrected chi connectivity index (χ0v) is 67.7. The summed E-state index contributed by atoms with van der Waals surface area (Å²) in [5.41, 5.74) is 35.1. The summed E-state index contributed by atoms with van der Waals surface area (Å²) in [6.45, 7) is 4.63. The van der Waals surface area contributed by atoms with E-state index in [1.807, 2.05) is 61.2 Å². The van der Waals surface area contributed by atoms with Crippen LogP contribution < -0.4 is 4.90 Å². The number of halogens is 1. The summed E-state index contributed by atoms with van der Waals surface area (Å²) < 4.78 is 0.858. The van der Waals surface area contributed by atoms with Gasteiger partial charge in [-0.25, -0.2) is 19.9 Å². The molecule has 13 nitrogen and oxygen atoms in total. The Morgan fingerprint density at radius 1 is 0.336 bits per heavy atom. The minimum Gasteiger partial charge on any atom is -0.355 e. The van der Waals surface area contributed by atoms with Crippen molar-refractivity contribution in [2.45, 2.75) is 83.5 Å². The van der Waals surface area contributed by atoms with Crippen molar-refractivity contribution in [3.8, 4) is 78.4 Å². The van der Waals surface area contributed by atoms with Crippen molar-refractivity contribution in [2.24, 2.45) is 0 Å². The monoisotopic (exact) mass is 1610 g/mol. The van der Waals surface area contributed by atoms with Gasteiger partial charge in [-0.2, -0.15) is 0 Å². The van der Waals surface area contributed by atoms with E-state index in [2.05, 4.69) is 332 Å². The molecule has 0 saturated carbocycles. The van der Waals surface area contributed by atoms with Gasteiger partial charge < -0.3 is 24.8 Å². The number of H-pyrrole nitrogens is 4. The first-order valence-electron chi connectivity index (χ1n) is 41.4. The molecule has 4 aliphatic heterocycles. The Hall–Kier alpha value is -14.1. The van der Waals surface area contributed by atoms with Crippen LogP contribution >= 0.6 is 15.9 Å². The van der Waals surface area contributed by atoms with Gasteiger partial charge in [-0.3, -0.25) is 19.9 Å². The molecule has 0 spiro atoms. The van der Waals surface area contributed by atoms with Crippen molar-refractivity contribution in [1.82, 2.24) is 59.8 Å². The van der Waals surface area contributed by atoms with Crippen LogP contribution in [-0.4, -0.2) is 59.8 Å². The molecule has 0 atom stereocenters. The summed E-state index contributed by atoms with van der Waals surface area (Å²) in [7, 11) is 0. The van der Waals surface area contributed by atoms with Gasteiger partial charge in [-0.05, 0) is 268 Å². The van der Waals surface area contributed by atoms with Crippen molar-refractivity contribution < 1.29 is 0 Å². The molecular weight excluding hydrogens is 1520 g/mol. The maximum atomic E-state index is 5.72. The number of anilines is 3. The van der Waals surface area contributed by atoms with Crippen LogP contribution in [0.2, 0.25) is 0 Å². The number of rotatable bonds is 21. The van der Waals surface area contributed by atoms with E-state index in [-0.39, 0.29) is 5.41 Å². The Balaban J connectivity index is 0.752. The number of para-hydroxylation sites is 2. The third-order valence-corrected chi connectivity index (χ3v) is 24.4. The lowest BCUT2D eigenvalue weighted by molar-refractivity contribution is 0.401. The van der Waals surface area contributed by atoms with Crippen LogP contribution in [0, 0.1) is 0 Å². The van der Waals surface area contributed by atoms with Crippen LogP contribution in [0.3, 0.4) is 0 Å². The van der Waals surface area contributed by atoms with Gasteiger partial charge in [0.15, 0.2) is 0 Å². The molecule has 20 rings (SSSR count). The lowest BCUT2D eigenvalue weighted by Crippen LogP contribution is -2.25. The lowest BCUT2D eigenvalue weighted by Gasteiger charge is -2.33. The number of aromatic nitrogens is 12. The number of unbranched alkanes of at least 4 members (excludes halogenated alkanes) is 6. The fourth-order valence-electron chi connectivity index (χ4n) is 17.7. The van der Waals surface area contributed by atoms with E-state index in [4.69, 9.17) is 29.9 Å². The Labute approximate surface area is 699 Å². The number of hydrogen-bond donors (Lipinski definition) is 4. The van der Waals surface area contributed by atoms with Crippen LogP contribution in [0.15, 0.2) is 272 Å². The van der Waals surface area contributed by atoms with Gasteiger partial charge in [0.25, 0.3) is 0 Å². The molecule has 0 radical (unpaired) electrons. The number of benzene rings is 5. The highest BCUT2D eigenvalue weighted by molar-refractivity contribution is 9.10. The number of fused-ring (bicyclic) bond motifs is 19. The molecule has 0 saturated heterocycles. The molecular formula is C105H84BrN13. The number of aromatic amines is 4. The van der Waals surface area contributed by atoms with Crippen LogP contribution in [0.25, 0.3) is 183 Å². The molecule has 4 N–H and O–H groups in total. The largest absolute Gasteiger partial charge is 0.355 e. The van der Waals surface area contributed by atoms with E-state index < -0.39 is 0 Å². The van der Waals surface area contributed by atoms with Gasteiger partial charge in [0.2, 0.25) is 0 Å². The normalized spacial score (nSPS) is 12.9. The Kier molecular flexibility index (Phi) is 20.0. The van der Waals surface area contributed by atoms with Crippen LogP contribution in [0.1, 0.15) is 146 Å². The van der Waals surface area contributed by atoms with E-state index >= 15 is 0 Å². The fraction of sp³-hybridized carbons (Fsp3) is 0.124. The number of hydrogen-bond acceptors (Lipinski definition) is 9. The highest BCUT2D eigenvalue weighted by atomic mass is 79.9. The third-order valence-electron chi connectivity index (χ3n) is 23.6. The van der Waals surface area contributed by atoms with Gasteiger partial charge in [-0.1, -0.05) is 168 Å². The van der Waals surface area contributed by atoms with Gasteiger partial charge >= 0.3 is 0 Å². The number of nitrogens with zero attached hydrogens (tertiary/aromatic N) is 9.